The summed E-state index contributed by atoms with van der Waals surface area (Å²) in [4.78, 5) is 4.38. The number of aryl methyl sites for hydroxylation is 1. The van der Waals surface area contributed by atoms with E-state index in [1.165, 1.54) is 0 Å². The summed E-state index contributed by atoms with van der Waals surface area (Å²) in [6.45, 7) is 2.19. The van der Waals surface area contributed by atoms with Crippen molar-refractivity contribution in [2.24, 2.45) is 0 Å². The van der Waals surface area contributed by atoms with Crippen molar-refractivity contribution in [1.82, 2.24) is 4.98 Å². The molecule has 0 fully saturated rings. The van der Waals surface area contributed by atoms with Gasteiger partial charge in [0.2, 0.25) is 0 Å². The number of unbranched alkanes of at least 4 members (excludes halogenated alkanes) is 1. The number of aromatic nitrogens is 1. The van der Waals surface area contributed by atoms with Crippen molar-refractivity contribution in [3.05, 3.63) is 29.7 Å². The van der Waals surface area contributed by atoms with Gasteiger partial charge in [-0.2, -0.15) is 0 Å². The molecule has 0 bridgehead atoms. The number of aliphatic hydroxyl groups is 1. The molecule has 0 unspecified atom stereocenters. The number of oxazole rings is 1. The van der Waals surface area contributed by atoms with Crippen LogP contribution in [0.2, 0.25) is 0 Å². The fraction of sp³-hybridized carbons (Fsp3) is 0.417. The number of hydrogen-bond donors (Lipinski definition) is 1. The van der Waals surface area contributed by atoms with Crippen LogP contribution in [0.15, 0.2) is 22.6 Å². The summed E-state index contributed by atoms with van der Waals surface area (Å²) < 4.78 is 5.59. The van der Waals surface area contributed by atoms with E-state index in [1.807, 2.05) is 18.2 Å². The summed E-state index contributed by atoms with van der Waals surface area (Å²) in [5.74, 6) is 0.793. The molecule has 80 valence electrons. The number of rotatable bonds is 4. The van der Waals surface area contributed by atoms with E-state index in [4.69, 9.17) is 9.52 Å². The van der Waals surface area contributed by atoms with Gasteiger partial charge in [0.15, 0.2) is 11.5 Å². The van der Waals surface area contributed by atoms with E-state index in [1.54, 1.807) is 0 Å². The summed E-state index contributed by atoms with van der Waals surface area (Å²) in [5.41, 5.74) is 2.51. The maximum Gasteiger partial charge on any atom is 0.195 e. The van der Waals surface area contributed by atoms with Gasteiger partial charge >= 0.3 is 0 Å². The number of aliphatic hydroxyl groups excluding tert-OH is 1. The molecule has 3 heteroatoms. The van der Waals surface area contributed by atoms with E-state index >= 15 is 0 Å². The molecule has 0 saturated heterocycles. The highest BCUT2D eigenvalue weighted by Crippen LogP contribution is 2.18. The van der Waals surface area contributed by atoms with Gasteiger partial charge in [0, 0.05) is 6.42 Å². The Morgan fingerprint density at radius 2 is 2.27 bits per heavy atom. The molecule has 2 aromatic rings. The van der Waals surface area contributed by atoms with Crippen LogP contribution in [0.5, 0.6) is 0 Å². The molecule has 0 saturated carbocycles. The highest BCUT2D eigenvalue weighted by atomic mass is 16.3. The van der Waals surface area contributed by atoms with Crippen LogP contribution in [0.25, 0.3) is 11.1 Å². The molecule has 0 atom stereocenters. The molecule has 0 radical (unpaired) electrons. The fourth-order valence-corrected chi connectivity index (χ4v) is 1.55. The van der Waals surface area contributed by atoms with Crippen molar-refractivity contribution in [3.63, 3.8) is 0 Å². The summed E-state index contributed by atoms with van der Waals surface area (Å²) in [7, 11) is 0. The van der Waals surface area contributed by atoms with Gasteiger partial charge in [-0.05, 0) is 24.1 Å². The molecule has 0 aliphatic carbocycles. The second-order valence-corrected chi connectivity index (χ2v) is 3.67. The van der Waals surface area contributed by atoms with Gasteiger partial charge < -0.3 is 9.52 Å². The molecule has 2 rings (SSSR count). The smallest absolute Gasteiger partial charge is 0.195 e. The molecule has 1 heterocycles. The van der Waals surface area contributed by atoms with E-state index in [9.17, 15) is 0 Å². The third-order valence-corrected chi connectivity index (χ3v) is 2.42. The first kappa shape index (κ1) is 10.2. The van der Waals surface area contributed by atoms with E-state index in [2.05, 4.69) is 11.9 Å². The monoisotopic (exact) mass is 205 g/mol. The van der Waals surface area contributed by atoms with E-state index in [0.29, 0.717) is 0 Å². The summed E-state index contributed by atoms with van der Waals surface area (Å²) in [5, 5.41) is 8.98. The fourth-order valence-electron chi connectivity index (χ4n) is 1.55. The minimum atomic E-state index is 0.0426. The molecule has 15 heavy (non-hydrogen) atoms. The Bertz CT molecular complexity index is 448. The number of fused-ring (bicyclic) bond motifs is 1. The zero-order chi connectivity index (χ0) is 10.7. The summed E-state index contributed by atoms with van der Waals surface area (Å²) in [6, 6.07) is 5.60. The Morgan fingerprint density at radius 1 is 1.40 bits per heavy atom. The van der Waals surface area contributed by atoms with Crippen molar-refractivity contribution in [1.29, 1.82) is 0 Å². The van der Waals surface area contributed by atoms with Gasteiger partial charge in [0.25, 0.3) is 0 Å². The van der Waals surface area contributed by atoms with Gasteiger partial charge in [0.05, 0.1) is 6.61 Å². The molecule has 0 aliphatic heterocycles. The highest BCUT2D eigenvalue weighted by Gasteiger charge is 2.05. The van der Waals surface area contributed by atoms with Crippen LogP contribution < -0.4 is 0 Å². The van der Waals surface area contributed by atoms with Crippen molar-refractivity contribution in [3.8, 4) is 0 Å². The minimum absolute atomic E-state index is 0.0426. The van der Waals surface area contributed by atoms with E-state index in [-0.39, 0.29) is 6.61 Å². The Labute approximate surface area is 88.7 Å². The highest BCUT2D eigenvalue weighted by molar-refractivity contribution is 5.73. The normalized spacial score (nSPS) is 11.1. The standard InChI is InChI=1S/C12H15NO2/c1-2-3-4-12-13-10-6-5-9(8-14)7-11(10)15-12/h5-7,14H,2-4,8H2,1H3. The summed E-state index contributed by atoms with van der Waals surface area (Å²) in [6.07, 6.45) is 3.12. The van der Waals surface area contributed by atoms with Crippen LogP contribution in [0, 0.1) is 0 Å². The van der Waals surface area contributed by atoms with Crippen molar-refractivity contribution in [2.75, 3.05) is 0 Å². The van der Waals surface area contributed by atoms with Crippen LogP contribution in [-0.2, 0) is 13.0 Å². The molecule has 1 N–H and O–H groups in total. The largest absolute Gasteiger partial charge is 0.441 e. The lowest BCUT2D eigenvalue weighted by Gasteiger charge is -1.92. The minimum Gasteiger partial charge on any atom is -0.441 e. The molecule has 0 spiro atoms. The maximum atomic E-state index is 8.98. The van der Waals surface area contributed by atoms with Crippen LogP contribution in [0.1, 0.15) is 31.2 Å². The van der Waals surface area contributed by atoms with Gasteiger partial charge in [-0.15, -0.1) is 0 Å². The first-order chi connectivity index (χ1) is 7.33. The van der Waals surface area contributed by atoms with Crippen molar-refractivity contribution < 1.29 is 9.52 Å². The Morgan fingerprint density at radius 3 is 3.00 bits per heavy atom. The Hall–Kier alpha value is -1.35. The maximum absolute atomic E-state index is 8.98. The SMILES string of the molecule is CCCCc1nc2ccc(CO)cc2o1. The van der Waals surface area contributed by atoms with E-state index < -0.39 is 0 Å². The Kier molecular flexibility index (Phi) is 3.02. The molecular formula is C12H15NO2. The zero-order valence-corrected chi connectivity index (χ0v) is 8.86. The van der Waals surface area contributed by atoms with Crippen LogP contribution in [0.3, 0.4) is 0 Å². The van der Waals surface area contributed by atoms with Crippen molar-refractivity contribution in [2.45, 2.75) is 32.8 Å². The van der Waals surface area contributed by atoms with Gasteiger partial charge in [-0.1, -0.05) is 19.4 Å². The van der Waals surface area contributed by atoms with Gasteiger partial charge in [-0.25, -0.2) is 4.98 Å². The lowest BCUT2D eigenvalue weighted by atomic mass is 10.2. The lowest BCUT2D eigenvalue weighted by Crippen LogP contribution is -1.82. The molecule has 0 amide bonds. The average molecular weight is 205 g/mol. The molecular weight excluding hydrogens is 190 g/mol. The second-order valence-electron chi connectivity index (χ2n) is 3.67. The molecule has 0 aliphatic rings. The van der Waals surface area contributed by atoms with Gasteiger partial charge in [0.1, 0.15) is 5.52 Å². The van der Waals surface area contributed by atoms with Crippen LogP contribution in [0.4, 0.5) is 0 Å². The quantitative estimate of drug-likeness (QED) is 0.834. The third kappa shape index (κ3) is 2.18. The predicted molar refractivity (Wildman–Crippen MR) is 58.5 cm³/mol. The predicted octanol–water partition coefficient (Wildman–Crippen LogP) is 2.66. The number of hydrogen-bond acceptors (Lipinski definition) is 3. The Balaban J connectivity index is 2.29. The van der Waals surface area contributed by atoms with Crippen molar-refractivity contribution >= 4 is 11.1 Å². The van der Waals surface area contributed by atoms with Gasteiger partial charge in [-0.3, -0.25) is 0 Å². The van der Waals surface area contributed by atoms with E-state index in [0.717, 1.165) is 41.8 Å². The lowest BCUT2D eigenvalue weighted by molar-refractivity contribution is 0.282. The first-order valence-corrected chi connectivity index (χ1v) is 5.32. The third-order valence-electron chi connectivity index (χ3n) is 2.42. The van der Waals surface area contributed by atoms with Crippen LogP contribution in [-0.4, -0.2) is 10.1 Å². The molecule has 3 nitrogen and oxygen atoms in total. The second kappa shape index (κ2) is 4.45. The van der Waals surface area contributed by atoms with Crippen LogP contribution >= 0.6 is 0 Å². The number of nitrogens with zero attached hydrogens (tertiary/aromatic N) is 1. The topological polar surface area (TPSA) is 46.3 Å². The first-order valence-electron chi connectivity index (χ1n) is 5.32. The average Bonchev–Trinajstić information content (AvgIpc) is 2.67. The zero-order valence-electron chi connectivity index (χ0n) is 8.86. The molecule has 1 aromatic carbocycles. The number of benzene rings is 1. The summed E-state index contributed by atoms with van der Waals surface area (Å²) >= 11 is 0. The molecule has 1 aromatic heterocycles.